The van der Waals surface area contributed by atoms with Gasteiger partial charge in [-0.15, -0.1) is 0 Å². The molecule has 2 rings (SSSR count). The summed E-state index contributed by atoms with van der Waals surface area (Å²) in [4.78, 5) is 22.7. The number of carbonyl (C=O) groups is 2. The van der Waals surface area contributed by atoms with Crippen LogP contribution in [0.3, 0.4) is 0 Å². The number of hydrogen-bond donors (Lipinski definition) is 3. The maximum Gasteiger partial charge on any atom is 0.319 e. The summed E-state index contributed by atoms with van der Waals surface area (Å²) in [7, 11) is 0. The van der Waals surface area contributed by atoms with Crippen LogP contribution in [0.4, 0.5) is 14.9 Å². The Kier molecular flexibility index (Phi) is 6.22. The van der Waals surface area contributed by atoms with Crippen molar-refractivity contribution in [3.05, 3.63) is 24.0 Å². The number of carboxylic acids is 1. The summed E-state index contributed by atoms with van der Waals surface area (Å²) < 4.78 is 19.8. The summed E-state index contributed by atoms with van der Waals surface area (Å²) in [5, 5.41) is 14.0. The van der Waals surface area contributed by atoms with Crippen molar-refractivity contribution in [1.82, 2.24) is 5.32 Å². The van der Waals surface area contributed by atoms with Crippen LogP contribution in [0, 0.1) is 5.82 Å². The Morgan fingerprint density at radius 1 is 1.32 bits per heavy atom. The molecule has 0 atom stereocenters. The van der Waals surface area contributed by atoms with Crippen LogP contribution in [0.2, 0.25) is 0 Å². The van der Waals surface area contributed by atoms with E-state index in [2.05, 4.69) is 10.6 Å². The lowest BCUT2D eigenvalue weighted by atomic mass is 9.99. The fourth-order valence-corrected chi connectivity index (χ4v) is 2.81. The number of ether oxygens (including phenoxy) is 1. The third kappa shape index (κ3) is 6.25. The van der Waals surface area contributed by atoms with Gasteiger partial charge >= 0.3 is 12.0 Å². The van der Waals surface area contributed by atoms with Gasteiger partial charge < -0.3 is 20.5 Å². The number of carbonyl (C=O) groups excluding carboxylic acids is 1. The van der Waals surface area contributed by atoms with Crippen molar-refractivity contribution in [3.63, 3.8) is 0 Å². The van der Waals surface area contributed by atoms with Gasteiger partial charge in [-0.2, -0.15) is 0 Å². The molecular weight excluding hydrogens is 327 g/mol. The molecule has 0 heterocycles. The first-order chi connectivity index (χ1) is 11.7. The number of urea groups is 1. The molecule has 1 aliphatic carbocycles. The summed E-state index contributed by atoms with van der Waals surface area (Å²) in [6, 6.07) is 3.80. The molecule has 1 aromatic rings. The number of amides is 2. The van der Waals surface area contributed by atoms with Gasteiger partial charge in [0.15, 0.2) is 11.6 Å². The molecule has 138 valence electrons. The molecule has 1 fully saturated rings. The zero-order chi connectivity index (χ0) is 18.4. The van der Waals surface area contributed by atoms with E-state index in [1.54, 1.807) is 19.9 Å². The summed E-state index contributed by atoms with van der Waals surface area (Å²) in [5.41, 5.74) is -0.380. The van der Waals surface area contributed by atoms with Crippen LogP contribution in [0.25, 0.3) is 0 Å². The van der Waals surface area contributed by atoms with Crippen LogP contribution < -0.4 is 15.4 Å². The molecule has 0 bridgehead atoms. The minimum atomic E-state index is -0.921. The number of aliphatic carboxylic acids is 1. The predicted molar refractivity (Wildman–Crippen MR) is 92.4 cm³/mol. The molecular formula is C18H25FN2O4. The molecule has 0 saturated heterocycles. The third-order valence-corrected chi connectivity index (χ3v) is 4.20. The maximum absolute atomic E-state index is 14.1. The number of benzene rings is 1. The minimum Gasteiger partial charge on any atom is -0.487 e. The molecule has 0 unspecified atom stereocenters. The minimum absolute atomic E-state index is 0.0465. The van der Waals surface area contributed by atoms with Crippen LogP contribution in [0.15, 0.2) is 18.2 Å². The smallest absolute Gasteiger partial charge is 0.319 e. The second-order valence-corrected chi connectivity index (χ2v) is 7.03. The summed E-state index contributed by atoms with van der Waals surface area (Å²) >= 11 is 0. The van der Waals surface area contributed by atoms with Crippen LogP contribution >= 0.6 is 0 Å². The van der Waals surface area contributed by atoms with E-state index in [4.69, 9.17) is 9.84 Å². The molecule has 0 spiro atoms. The molecule has 0 radical (unpaired) electrons. The molecule has 0 aliphatic heterocycles. The molecule has 1 aliphatic rings. The highest BCUT2D eigenvalue weighted by Gasteiger charge is 2.22. The Balaban J connectivity index is 1.89. The molecule has 6 nitrogen and oxygen atoms in total. The second-order valence-electron chi connectivity index (χ2n) is 7.03. The fourth-order valence-electron chi connectivity index (χ4n) is 2.81. The Hall–Kier alpha value is -2.31. The number of anilines is 1. The van der Waals surface area contributed by atoms with Crippen molar-refractivity contribution in [3.8, 4) is 5.75 Å². The Labute approximate surface area is 146 Å². The van der Waals surface area contributed by atoms with E-state index in [1.165, 1.54) is 12.1 Å². The largest absolute Gasteiger partial charge is 0.487 e. The van der Waals surface area contributed by atoms with Gasteiger partial charge in [-0.25, -0.2) is 9.18 Å². The van der Waals surface area contributed by atoms with Crippen molar-refractivity contribution < 1.29 is 23.8 Å². The standard InChI is InChI=1S/C18H25FN2O4/c1-18(2,10-9-16(22)23)21-17(24)20-12-7-8-15(14(19)11-12)25-13-5-3-4-6-13/h7-8,11,13H,3-6,9-10H2,1-2H3,(H,22,23)(H2,20,21,24). The van der Waals surface area contributed by atoms with Crippen molar-refractivity contribution in [2.24, 2.45) is 0 Å². The number of carboxylic acid groups (broad SMARTS) is 1. The van der Waals surface area contributed by atoms with Gasteiger partial charge in [0.1, 0.15) is 0 Å². The molecule has 1 saturated carbocycles. The average molecular weight is 352 g/mol. The zero-order valence-electron chi connectivity index (χ0n) is 14.6. The SMILES string of the molecule is CC(C)(CCC(=O)O)NC(=O)Nc1ccc(OC2CCCC2)c(F)c1. The first kappa shape index (κ1) is 19.0. The Bertz CT molecular complexity index is 628. The highest BCUT2D eigenvalue weighted by atomic mass is 19.1. The van der Waals surface area contributed by atoms with E-state index in [0.717, 1.165) is 25.7 Å². The molecule has 1 aromatic carbocycles. The van der Waals surface area contributed by atoms with E-state index >= 15 is 0 Å². The number of hydrogen-bond acceptors (Lipinski definition) is 3. The Morgan fingerprint density at radius 3 is 2.60 bits per heavy atom. The van der Waals surface area contributed by atoms with Gasteiger partial charge in [-0.1, -0.05) is 0 Å². The molecule has 7 heteroatoms. The van der Waals surface area contributed by atoms with Crippen molar-refractivity contribution in [1.29, 1.82) is 0 Å². The lowest BCUT2D eigenvalue weighted by Gasteiger charge is -2.25. The lowest BCUT2D eigenvalue weighted by Crippen LogP contribution is -2.45. The summed E-state index contributed by atoms with van der Waals surface area (Å²) in [5.74, 6) is -1.25. The first-order valence-electron chi connectivity index (χ1n) is 8.52. The zero-order valence-corrected chi connectivity index (χ0v) is 14.6. The quantitative estimate of drug-likeness (QED) is 0.694. The number of rotatable bonds is 7. The first-order valence-corrected chi connectivity index (χ1v) is 8.52. The van der Waals surface area contributed by atoms with Crippen molar-refractivity contribution in [2.75, 3.05) is 5.32 Å². The average Bonchev–Trinajstić information content (AvgIpc) is 3.00. The highest BCUT2D eigenvalue weighted by Crippen LogP contribution is 2.27. The maximum atomic E-state index is 14.1. The fraction of sp³-hybridized carbons (Fsp3) is 0.556. The van der Waals surface area contributed by atoms with E-state index in [-0.39, 0.29) is 24.7 Å². The molecule has 2 amide bonds. The van der Waals surface area contributed by atoms with Gasteiger partial charge in [0.25, 0.3) is 0 Å². The van der Waals surface area contributed by atoms with Crippen LogP contribution in [-0.2, 0) is 4.79 Å². The van der Waals surface area contributed by atoms with Gasteiger partial charge in [0.05, 0.1) is 6.10 Å². The van der Waals surface area contributed by atoms with Crippen molar-refractivity contribution in [2.45, 2.75) is 64.0 Å². The van der Waals surface area contributed by atoms with E-state index < -0.39 is 23.4 Å². The van der Waals surface area contributed by atoms with Gasteiger partial charge in [-0.05, 0) is 58.1 Å². The van der Waals surface area contributed by atoms with E-state index in [1.807, 2.05) is 0 Å². The monoisotopic (exact) mass is 352 g/mol. The molecule has 25 heavy (non-hydrogen) atoms. The topological polar surface area (TPSA) is 87.7 Å². The van der Waals surface area contributed by atoms with Crippen molar-refractivity contribution >= 4 is 17.7 Å². The Morgan fingerprint density at radius 2 is 2.00 bits per heavy atom. The molecule has 3 N–H and O–H groups in total. The number of nitrogens with one attached hydrogen (secondary N) is 2. The van der Waals surface area contributed by atoms with Crippen LogP contribution in [0.5, 0.6) is 5.75 Å². The van der Waals surface area contributed by atoms with Crippen LogP contribution in [-0.4, -0.2) is 28.7 Å². The van der Waals surface area contributed by atoms with E-state index in [0.29, 0.717) is 5.69 Å². The summed E-state index contributed by atoms with van der Waals surface area (Å²) in [6.45, 7) is 3.46. The van der Waals surface area contributed by atoms with Gasteiger partial charge in [0, 0.05) is 23.7 Å². The highest BCUT2D eigenvalue weighted by molar-refractivity contribution is 5.89. The number of halogens is 1. The summed E-state index contributed by atoms with van der Waals surface area (Å²) in [6.07, 6.45) is 4.38. The predicted octanol–water partition coefficient (Wildman–Crippen LogP) is 3.91. The second kappa shape index (κ2) is 8.18. The van der Waals surface area contributed by atoms with E-state index in [9.17, 15) is 14.0 Å². The lowest BCUT2D eigenvalue weighted by molar-refractivity contribution is -0.137. The van der Waals surface area contributed by atoms with Gasteiger partial charge in [0.2, 0.25) is 0 Å². The normalized spacial score (nSPS) is 15.0. The molecule has 0 aromatic heterocycles. The van der Waals surface area contributed by atoms with Gasteiger partial charge in [-0.3, -0.25) is 4.79 Å². The van der Waals surface area contributed by atoms with Crippen LogP contribution in [0.1, 0.15) is 52.4 Å². The third-order valence-electron chi connectivity index (χ3n) is 4.20.